The van der Waals surface area contributed by atoms with Crippen molar-refractivity contribution in [2.24, 2.45) is 0 Å². The normalized spacial score (nSPS) is 14.7. The molecule has 0 aliphatic heterocycles. The molecule has 0 bridgehead atoms. The number of hydrogen-bond donors (Lipinski definition) is 0. The van der Waals surface area contributed by atoms with Gasteiger partial charge in [-0.1, -0.05) is 39.0 Å². The fourth-order valence-electron chi connectivity index (χ4n) is 1.18. The van der Waals surface area contributed by atoms with Gasteiger partial charge in [0.25, 0.3) is 0 Å². The highest BCUT2D eigenvalue weighted by Crippen LogP contribution is 2.37. The van der Waals surface area contributed by atoms with Gasteiger partial charge in [0, 0.05) is 6.08 Å². The SMILES string of the molecule is COC(=O)/C=C\C=C\C[C@@H](C=O)O[Si](C)(C)C(C)(C)C. The molecule has 20 heavy (non-hydrogen) atoms. The van der Waals surface area contributed by atoms with E-state index in [1.165, 1.54) is 13.2 Å². The van der Waals surface area contributed by atoms with Gasteiger partial charge in [0.15, 0.2) is 8.32 Å². The number of carbonyl (C=O) groups is 2. The van der Waals surface area contributed by atoms with Crippen LogP contribution in [0.5, 0.6) is 0 Å². The van der Waals surface area contributed by atoms with Gasteiger partial charge < -0.3 is 14.0 Å². The summed E-state index contributed by atoms with van der Waals surface area (Å²) in [4.78, 5) is 21.9. The van der Waals surface area contributed by atoms with E-state index < -0.39 is 20.4 Å². The van der Waals surface area contributed by atoms with Crippen molar-refractivity contribution >= 4 is 20.6 Å². The maximum absolute atomic E-state index is 11.1. The molecular formula is C15H26O4Si. The smallest absolute Gasteiger partial charge is 0.330 e. The Bertz CT molecular complexity index is 378. The van der Waals surface area contributed by atoms with Crippen LogP contribution in [0.1, 0.15) is 27.2 Å². The van der Waals surface area contributed by atoms with Crippen LogP contribution in [0.25, 0.3) is 0 Å². The van der Waals surface area contributed by atoms with E-state index in [1.54, 1.807) is 12.2 Å². The molecule has 0 aromatic rings. The minimum Gasteiger partial charge on any atom is -0.466 e. The van der Waals surface area contributed by atoms with Gasteiger partial charge in [-0.3, -0.25) is 0 Å². The molecule has 114 valence electrons. The van der Waals surface area contributed by atoms with Gasteiger partial charge in [-0.15, -0.1) is 0 Å². The van der Waals surface area contributed by atoms with Gasteiger partial charge in [0.2, 0.25) is 0 Å². The van der Waals surface area contributed by atoms with Crippen LogP contribution in [0.2, 0.25) is 18.1 Å². The van der Waals surface area contributed by atoms with Gasteiger partial charge in [0.05, 0.1) is 7.11 Å². The Kier molecular flexibility index (Phi) is 7.67. The Hall–Kier alpha value is -1.20. The Labute approximate surface area is 123 Å². The number of methoxy groups -OCH3 is 1. The van der Waals surface area contributed by atoms with E-state index in [-0.39, 0.29) is 5.04 Å². The molecule has 0 amide bonds. The van der Waals surface area contributed by atoms with Crippen molar-refractivity contribution in [2.45, 2.75) is 51.4 Å². The molecule has 0 N–H and O–H groups in total. The number of carbonyl (C=O) groups excluding carboxylic acids is 2. The van der Waals surface area contributed by atoms with Gasteiger partial charge >= 0.3 is 5.97 Å². The Morgan fingerprint density at radius 2 is 1.85 bits per heavy atom. The first kappa shape index (κ1) is 18.8. The molecule has 4 nitrogen and oxygen atoms in total. The summed E-state index contributed by atoms with van der Waals surface area (Å²) in [5.41, 5.74) is 0. The zero-order chi connectivity index (χ0) is 15.8. The number of hydrogen-bond acceptors (Lipinski definition) is 4. The second-order valence-corrected chi connectivity index (χ2v) is 10.9. The summed E-state index contributed by atoms with van der Waals surface area (Å²) < 4.78 is 10.5. The lowest BCUT2D eigenvalue weighted by molar-refractivity contribution is -0.134. The fourth-order valence-corrected chi connectivity index (χ4v) is 2.44. The minimum absolute atomic E-state index is 0.0722. The van der Waals surface area contributed by atoms with Crippen molar-refractivity contribution in [3.05, 3.63) is 24.3 Å². The molecular weight excluding hydrogens is 272 g/mol. The summed E-state index contributed by atoms with van der Waals surface area (Å²) in [6, 6.07) is 0. The van der Waals surface area contributed by atoms with Crippen molar-refractivity contribution in [1.82, 2.24) is 0 Å². The maximum Gasteiger partial charge on any atom is 0.330 e. The third kappa shape index (κ3) is 6.82. The number of esters is 1. The van der Waals surface area contributed by atoms with E-state index in [0.717, 1.165) is 6.29 Å². The lowest BCUT2D eigenvalue weighted by Gasteiger charge is -2.37. The van der Waals surface area contributed by atoms with Crippen LogP contribution >= 0.6 is 0 Å². The number of aldehydes is 1. The molecule has 0 unspecified atom stereocenters. The van der Waals surface area contributed by atoms with E-state index in [0.29, 0.717) is 6.42 Å². The zero-order valence-electron chi connectivity index (χ0n) is 13.3. The topological polar surface area (TPSA) is 52.6 Å². The zero-order valence-corrected chi connectivity index (χ0v) is 14.3. The van der Waals surface area contributed by atoms with Crippen LogP contribution in [-0.4, -0.2) is 33.8 Å². The summed E-state index contributed by atoms with van der Waals surface area (Å²) in [6.07, 6.45) is 7.34. The van der Waals surface area contributed by atoms with Crippen LogP contribution in [0.3, 0.4) is 0 Å². The van der Waals surface area contributed by atoms with E-state index in [9.17, 15) is 9.59 Å². The predicted octanol–water partition coefficient (Wildman–Crippen LogP) is 3.25. The summed E-state index contributed by atoms with van der Waals surface area (Å²) >= 11 is 0. The van der Waals surface area contributed by atoms with E-state index in [2.05, 4.69) is 38.6 Å². The third-order valence-electron chi connectivity index (χ3n) is 3.45. The molecule has 0 heterocycles. The number of rotatable bonds is 7. The van der Waals surface area contributed by atoms with E-state index >= 15 is 0 Å². The van der Waals surface area contributed by atoms with Gasteiger partial charge in [-0.25, -0.2) is 4.79 Å². The predicted molar refractivity (Wildman–Crippen MR) is 83.0 cm³/mol. The number of ether oxygens (including phenoxy) is 1. The summed E-state index contributed by atoms with van der Waals surface area (Å²) in [5.74, 6) is -0.404. The lowest BCUT2D eigenvalue weighted by Crippen LogP contribution is -2.44. The minimum atomic E-state index is -1.94. The standard InChI is InChI=1S/C15H26O4Si/c1-15(2,3)20(5,6)19-13(12-16)10-8-7-9-11-14(17)18-4/h7-9,11-13H,10H2,1-6H3/b8-7+,11-9-/t13-/m0/s1. The molecule has 0 aromatic carbocycles. The molecule has 0 radical (unpaired) electrons. The van der Waals surface area contributed by atoms with Crippen LogP contribution in [0.4, 0.5) is 0 Å². The monoisotopic (exact) mass is 298 g/mol. The quantitative estimate of drug-likeness (QED) is 0.238. The van der Waals surface area contributed by atoms with Crippen LogP contribution in [-0.2, 0) is 18.8 Å². The van der Waals surface area contributed by atoms with E-state index in [4.69, 9.17) is 4.43 Å². The molecule has 0 fully saturated rings. The first-order valence-electron chi connectivity index (χ1n) is 6.68. The second-order valence-electron chi connectivity index (χ2n) is 6.10. The van der Waals surface area contributed by atoms with Gasteiger partial charge in [-0.2, -0.15) is 0 Å². The largest absolute Gasteiger partial charge is 0.466 e. The summed E-state index contributed by atoms with van der Waals surface area (Å²) in [5, 5.41) is 0.0722. The second kappa shape index (κ2) is 8.17. The van der Waals surface area contributed by atoms with Crippen LogP contribution < -0.4 is 0 Å². The lowest BCUT2D eigenvalue weighted by atomic mass is 10.2. The Morgan fingerprint density at radius 3 is 2.30 bits per heavy atom. The van der Waals surface area contributed by atoms with E-state index in [1.807, 2.05) is 6.08 Å². The third-order valence-corrected chi connectivity index (χ3v) is 7.96. The first-order chi connectivity index (χ1) is 9.14. The fraction of sp³-hybridized carbons (Fsp3) is 0.600. The van der Waals surface area contributed by atoms with Gasteiger partial charge in [-0.05, 0) is 24.6 Å². The highest BCUT2D eigenvalue weighted by molar-refractivity contribution is 6.74. The summed E-state index contributed by atoms with van der Waals surface area (Å²) in [7, 11) is -0.613. The highest BCUT2D eigenvalue weighted by Gasteiger charge is 2.38. The number of allylic oxidation sites excluding steroid dienone is 2. The average Bonchev–Trinajstić information content (AvgIpc) is 2.34. The Balaban J connectivity index is 4.44. The van der Waals surface area contributed by atoms with Crippen LogP contribution in [0, 0.1) is 0 Å². The summed E-state index contributed by atoms with van der Waals surface area (Å²) in [6.45, 7) is 10.6. The van der Waals surface area contributed by atoms with Gasteiger partial charge in [0.1, 0.15) is 12.4 Å². The molecule has 5 heteroatoms. The highest BCUT2D eigenvalue weighted by atomic mass is 28.4. The van der Waals surface area contributed by atoms with Crippen molar-refractivity contribution in [3.63, 3.8) is 0 Å². The molecule has 0 saturated carbocycles. The van der Waals surface area contributed by atoms with Crippen molar-refractivity contribution in [2.75, 3.05) is 7.11 Å². The molecule has 0 saturated heterocycles. The molecule has 0 aliphatic rings. The molecule has 0 aromatic heterocycles. The van der Waals surface area contributed by atoms with Crippen molar-refractivity contribution in [1.29, 1.82) is 0 Å². The van der Waals surface area contributed by atoms with Crippen molar-refractivity contribution < 1.29 is 18.8 Å². The molecule has 1 atom stereocenters. The maximum atomic E-state index is 11.1. The van der Waals surface area contributed by atoms with Crippen LogP contribution in [0.15, 0.2) is 24.3 Å². The molecule has 0 spiro atoms. The molecule has 0 aliphatic carbocycles. The first-order valence-corrected chi connectivity index (χ1v) is 9.59. The van der Waals surface area contributed by atoms with Crippen molar-refractivity contribution in [3.8, 4) is 0 Å². The molecule has 0 rings (SSSR count). The average molecular weight is 298 g/mol. The Morgan fingerprint density at radius 1 is 1.25 bits per heavy atom.